The van der Waals surface area contributed by atoms with Crippen molar-refractivity contribution in [2.75, 3.05) is 26.2 Å². The first-order valence-electron chi connectivity index (χ1n) is 18.0. The summed E-state index contributed by atoms with van der Waals surface area (Å²) < 4.78 is 6.24. The molecular formula is C36H67N3O2. The number of ether oxygens (including phenoxy) is 1. The van der Waals surface area contributed by atoms with E-state index in [-0.39, 0.29) is 12.2 Å². The van der Waals surface area contributed by atoms with Crippen molar-refractivity contribution >= 4 is 6.09 Å². The van der Waals surface area contributed by atoms with E-state index in [1.807, 2.05) is 4.90 Å². The maximum atomic E-state index is 13.3. The normalized spacial score (nSPS) is 37.3. The van der Waals surface area contributed by atoms with Crippen molar-refractivity contribution in [3.63, 3.8) is 0 Å². The summed E-state index contributed by atoms with van der Waals surface area (Å²) in [6, 6.07) is 0. The summed E-state index contributed by atoms with van der Waals surface area (Å²) in [7, 11) is 0. The third-order valence-electron chi connectivity index (χ3n) is 13.1. The van der Waals surface area contributed by atoms with Crippen LogP contribution in [0.2, 0.25) is 0 Å². The fraction of sp³-hybridized carbons (Fsp3) is 0.972. The zero-order valence-corrected chi connectivity index (χ0v) is 27.7. The molecule has 41 heavy (non-hydrogen) atoms. The second kappa shape index (κ2) is 14.8. The molecule has 5 heteroatoms. The molecule has 9 atom stereocenters. The van der Waals surface area contributed by atoms with Gasteiger partial charge in [-0.2, -0.15) is 0 Å². The van der Waals surface area contributed by atoms with Crippen LogP contribution in [0.5, 0.6) is 0 Å². The van der Waals surface area contributed by atoms with Crippen molar-refractivity contribution in [1.82, 2.24) is 4.90 Å². The predicted molar refractivity (Wildman–Crippen MR) is 171 cm³/mol. The molecule has 4 aliphatic rings. The van der Waals surface area contributed by atoms with E-state index in [0.29, 0.717) is 29.8 Å². The van der Waals surface area contributed by atoms with Crippen LogP contribution in [0.4, 0.5) is 4.79 Å². The van der Waals surface area contributed by atoms with E-state index in [2.05, 4.69) is 34.6 Å². The summed E-state index contributed by atoms with van der Waals surface area (Å²) in [6.07, 6.45) is 19.9. The van der Waals surface area contributed by atoms with Crippen molar-refractivity contribution in [3.05, 3.63) is 0 Å². The van der Waals surface area contributed by atoms with Gasteiger partial charge in [0.15, 0.2) is 0 Å². The summed E-state index contributed by atoms with van der Waals surface area (Å²) in [4.78, 5) is 15.2. The lowest BCUT2D eigenvalue weighted by molar-refractivity contribution is -0.130. The molecule has 4 saturated carbocycles. The number of hydrogen-bond acceptors (Lipinski definition) is 4. The van der Waals surface area contributed by atoms with E-state index in [1.54, 1.807) is 0 Å². The molecule has 0 spiro atoms. The summed E-state index contributed by atoms with van der Waals surface area (Å²) in [5.41, 5.74) is 12.4. The smallest absolute Gasteiger partial charge is 0.410 e. The lowest BCUT2D eigenvalue weighted by Crippen LogP contribution is -2.54. The van der Waals surface area contributed by atoms with Crippen LogP contribution in [0.3, 0.4) is 0 Å². The Hall–Kier alpha value is -0.810. The molecule has 4 fully saturated rings. The third-order valence-corrected chi connectivity index (χ3v) is 13.1. The van der Waals surface area contributed by atoms with Crippen molar-refractivity contribution in [2.24, 2.45) is 63.7 Å². The van der Waals surface area contributed by atoms with E-state index in [0.717, 1.165) is 87.1 Å². The van der Waals surface area contributed by atoms with Crippen molar-refractivity contribution in [1.29, 1.82) is 0 Å². The number of hydrogen-bond donors (Lipinski definition) is 2. The first-order valence-corrected chi connectivity index (χ1v) is 18.0. The summed E-state index contributed by atoms with van der Waals surface area (Å²) in [6.45, 7) is 15.5. The van der Waals surface area contributed by atoms with Crippen LogP contribution in [0.25, 0.3) is 0 Å². The van der Waals surface area contributed by atoms with Crippen LogP contribution in [0, 0.1) is 52.3 Å². The zero-order chi connectivity index (χ0) is 29.6. The number of fused-ring (bicyclic) bond motifs is 5. The molecule has 0 unspecified atom stereocenters. The monoisotopic (exact) mass is 574 g/mol. The van der Waals surface area contributed by atoms with Gasteiger partial charge in [-0.1, -0.05) is 53.9 Å². The Morgan fingerprint density at radius 3 is 2.12 bits per heavy atom. The SMILES string of the molecule is CC(C)CCC[C@@H](C)[C@H]1CC[C@H]2[C@@H]3CC[C@H]4C[C@@H](OC(=O)N(CCCCN)CCCCN)CC[C@]4(C)[C@H]3CC[C@]12C. The highest BCUT2D eigenvalue weighted by molar-refractivity contribution is 5.67. The molecule has 0 aromatic carbocycles. The lowest BCUT2D eigenvalue weighted by Gasteiger charge is -2.61. The molecule has 0 bridgehead atoms. The van der Waals surface area contributed by atoms with Gasteiger partial charge >= 0.3 is 6.09 Å². The Morgan fingerprint density at radius 2 is 1.46 bits per heavy atom. The molecular weight excluding hydrogens is 506 g/mol. The number of unbranched alkanes of at least 4 members (excludes halogenated alkanes) is 2. The molecule has 5 nitrogen and oxygen atoms in total. The average Bonchev–Trinajstić information content (AvgIpc) is 3.29. The van der Waals surface area contributed by atoms with Gasteiger partial charge in [-0.25, -0.2) is 4.79 Å². The van der Waals surface area contributed by atoms with Gasteiger partial charge in [0.05, 0.1) is 0 Å². The molecule has 238 valence electrons. The van der Waals surface area contributed by atoms with E-state index >= 15 is 0 Å². The van der Waals surface area contributed by atoms with Crippen molar-refractivity contribution in [3.8, 4) is 0 Å². The minimum atomic E-state index is -0.103. The largest absolute Gasteiger partial charge is 0.446 e. The minimum Gasteiger partial charge on any atom is -0.446 e. The van der Waals surface area contributed by atoms with E-state index in [1.165, 1.54) is 64.2 Å². The number of nitrogens with two attached hydrogens (primary N) is 2. The number of rotatable bonds is 14. The quantitative estimate of drug-likeness (QED) is 0.204. The molecule has 4 N–H and O–H groups in total. The summed E-state index contributed by atoms with van der Waals surface area (Å²) >= 11 is 0. The summed E-state index contributed by atoms with van der Waals surface area (Å²) in [5.74, 6) is 6.07. The van der Waals surface area contributed by atoms with Gasteiger partial charge in [-0.05, 0) is 149 Å². The Labute approximate surface area is 253 Å². The number of carbonyl (C=O) groups excluding carboxylic acids is 1. The zero-order valence-electron chi connectivity index (χ0n) is 27.7. The van der Waals surface area contributed by atoms with Gasteiger partial charge < -0.3 is 21.1 Å². The Balaban J connectivity index is 1.34. The van der Waals surface area contributed by atoms with Crippen LogP contribution in [0.1, 0.15) is 137 Å². The van der Waals surface area contributed by atoms with E-state index < -0.39 is 0 Å². The highest BCUT2D eigenvalue weighted by Crippen LogP contribution is 2.68. The predicted octanol–water partition coefficient (Wildman–Crippen LogP) is 8.39. The van der Waals surface area contributed by atoms with Crippen LogP contribution >= 0.6 is 0 Å². The van der Waals surface area contributed by atoms with Gasteiger partial charge in [-0.15, -0.1) is 0 Å². The topological polar surface area (TPSA) is 81.6 Å². The maximum Gasteiger partial charge on any atom is 0.410 e. The third kappa shape index (κ3) is 7.47. The molecule has 0 aliphatic heterocycles. The fourth-order valence-electron chi connectivity index (χ4n) is 10.8. The van der Waals surface area contributed by atoms with Crippen LogP contribution in [-0.2, 0) is 4.74 Å². The second-order valence-electron chi connectivity index (χ2n) is 15.9. The maximum absolute atomic E-state index is 13.3. The van der Waals surface area contributed by atoms with E-state index in [9.17, 15) is 4.79 Å². The molecule has 4 rings (SSSR count). The lowest BCUT2D eigenvalue weighted by atomic mass is 9.44. The number of nitrogens with zero attached hydrogens (tertiary/aromatic N) is 1. The molecule has 4 aliphatic carbocycles. The Bertz CT molecular complexity index is 809. The van der Waals surface area contributed by atoms with Gasteiger partial charge in [0.2, 0.25) is 0 Å². The molecule has 0 heterocycles. The molecule has 0 aromatic heterocycles. The number of amides is 1. The van der Waals surface area contributed by atoms with E-state index in [4.69, 9.17) is 16.2 Å². The van der Waals surface area contributed by atoms with Crippen LogP contribution < -0.4 is 11.5 Å². The molecule has 0 saturated heterocycles. The molecule has 1 amide bonds. The Kier molecular flexibility index (Phi) is 11.9. The fourth-order valence-corrected chi connectivity index (χ4v) is 10.8. The van der Waals surface area contributed by atoms with Gasteiger partial charge in [-0.3, -0.25) is 0 Å². The van der Waals surface area contributed by atoms with Gasteiger partial charge in [0.1, 0.15) is 6.10 Å². The van der Waals surface area contributed by atoms with Crippen molar-refractivity contribution in [2.45, 2.75) is 143 Å². The highest BCUT2D eigenvalue weighted by atomic mass is 16.6. The summed E-state index contributed by atoms with van der Waals surface area (Å²) in [5, 5.41) is 0. The standard InChI is InChI=1S/C36H67N3O2/c1-26(2)11-10-12-27(3)31-15-16-32-30-14-13-28-25-29(17-19-35(28,4)33(30)18-20-36(31,32)5)41-34(40)39(23-8-6-21-37)24-9-7-22-38/h26-33H,6-25,37-38H2,1-5H3/t27-,28+,29+,30+,31-,32+,33+,35+,36-/m1/s1. The van der Waals surface area contributed by atoms with Crippen LogP contribution in [-0.4, -0.2) is 43.3 Å². The molecule has 0 radical (unpaired) electrons. The highest BCUT2D eigenvalue weighted by Gasteiger charge is 2.60. The molecule has 0 aromatic rings. The van der Waals surface area contributed by atoms with Crippen LogP contribution in [0.15, 0.2) is 0 Å². The Morgan fingerprint density at radius 1 is 0.805 bits per heavy atom. The average molecular weight is 574 g/mol. The van der Waals surface area contributed by atoms with Crippen molar-refractivity contribution < 1.29 is 9.53 Å². The number of carbonyl (C=O) groups is 1. The first kappa shape index (κ1) is 33.1. The van der Waals surface area contributed by atoms with Gasteiger partial charge in [0.25, 0.3) is 0 Å². The minimum absolute atomic E-state index is 0.0834. The first-order chi connectivity index (χ1) is 19.6. The second-order valence-corrected chi connectivity index (χ2v) is 15.9. The van der Waals surface area contributed by atoms with Gasteiger partial charge in [0, 0.05) is 13.1 Å².